The molecule has 2 amide bonds. The minimum Gasteiger partial charge on any atom is -0.454 e. The highest BCUT2D eigenvalue weighted by Crippen LogP contribution is 2.36. The number of carbonyl (C=O) groups excluding carboxylic acids is 2. The van der Waals surface area contributed by atoms with Gasteiger partial charge in [0.1, 0.15) is 0 Å². The molecule has 1 aliphatic rings. The lowest BCUT2D eigenvalue weighted by molar-refractivity contribution is -0.129. The zero-order valence-corrected chi connectivity index (χ0v) is 11.7. The van der Waals surface area contributed by atoms with Crippen LogP contribution in [-0.4, -0.2) is 56.1 Å². The summed E-state index contributed by atoms with van der Waals surface area (Å²) in [5, 5.41) is 0. The van der Waals surface area contributed by atoms with Crippen LogP contribution in [0.3, 0.4) is 0 Å². The van der Waals surface area contributed by atoms with Crippen molar-refractivity contribution in [2.45, 2.75) is 0 Å². The third kappa shape index (κ3) is 2.61. The number of nitrogens with two attached hydrogens (primary N) is 1. The molecule has 7 heteroatoms. The SMILES string of the molecule is CN(C)C(=O)CN(C)C(=O)c1cc2c(cc1N)OCO2. The molecule has 0 spiro atoms. The van der Waals surface area contributed by atoms with Crippen LogP contribution >= 0.6 is 0 Å². The van der Waals surface area contributed by atoms with Gasteiger partial charge in [0.2, 0.25) is 12.7 Å². The number of amides is 2. The number of benzene rings is 1. The van der Waals surface area contributed by atoms with Crippen molar-refractivity contribution in [1.29, 1.82) is 0 Å². The average molecular weight is 279 g/mol. The number of hydrogen-bond donors (Lipinski definition) is 1. The molecule has 0 saturated carbocycles. The Kier molecular flexibility index (Phi) is 3.69. The van der Waals surface area contributed by atoms with Gasteiger partial charge in [-0.2, -0.15) is 0 Å². The number of ether oxygens (including phenoxy) is 2. The fraction of sp³-hybridized carbons (Fsp3) is 0.385. The van der Waals surface area contributed by atoms with Crippen molar-refractivity contribution in [1.82, 2.24) is 9.80 Å². The number of anilines is 1. The number of carbonyl (C=O) groups is 2. The van der Waals surface area contributed by atoms with Crippen molar-refractivity contribution in [3.8, 4) is 11.5 Å². The molecular weight excluding hydrogens is 262 g/mol. The number of nitrogen functional groups attached to an aromatic ring is 1. The number of likely N-dealkylation sites (N-methyl/N-ethyl adjacent to an activating group) is 2. The van der Waals surface area contributed by atoms with Gasteiger partial charge >= 0.3 is 0 Å². The molecular formula is C13H17N3O4. The van der Waals surface area contributed by atoms with E-state index in [1.807, 2.05) is 0 Å². The summed E-state index contributed by atoms with van der Waals surface area (Å²) in [5.41, 5.74) is 6.43. The van der Waals surface area contributed by atoms with E-state index in [0.29, 0.717) is 22.7 Å². The van der Waals surface area contributed by atoms with Gasteiger partial charge in [0.15, 0.2) is 11.5 Å². The molecule has 0 bridgehead atoms. The number of hydrogen-bond acceptors (Lipinski definition) is 5. The van der Waals surface area contributed by atoms with E-state index in [1.165, 1.54) is 15.9 Å². The smallest absolute Gasteiger partial charge is 0.256 e. The quantitative estimate of drug-likeness (QED) is 0.796. The van der Waals surface area contributed by atoms with Crippen molar-refractivity contribution < 1.29 is 19.1 Å². The maximum absolute atomic E-state index is 12.3. The molecule has 1 aromatic rings. The summed E-state index contributed by atoms with van der Waals surface area (Å²) in [7, 11) is 4.82. The molecule has 0 radical (unpaired) electrons. The molecule has 1 aromatic carbocycles. The average Bonchev–Trinajstić information content (AvgIpc) is 2.83. The summed E-state index contributed by atoms with van der Waals surface area (Å²) in [6.07, 6.45) is 0. The highest BCUT2D eigenvalue weighted by Gasteiger charge is 2.23. The molecule has 7 nitrogen and oxygen atoms in total. The molecule has 0 aliphatic carbocycles. The maximum atomic E-state index is 12.3. The summed E-state index contributed by atoms with van der Waals surface area (Å²) in [6, 6.07) is 3.09. The predicted molar refractivity (Wildman–Crippen MR) is 72.6 cm³/mol. The van der Waals surface area contributed by atoms with E-state index in [9.17, 15) is 9.59 Å². The minimum atomic E-state index is -0.337. The van der Waals surface area contributed by atoms with E-state index in [4.69, 9.17) is 15.2 Å². The van der Waals surface area contributed by atoms with E-state index in [2.05, 4.69) is 0 Å². The lowest BCUT2D eigenvalue weighted by atomic mass is 10.1. The van der Waals surface area contributed by atoms with Crippen molar-refractivity contribution in [3.05, 3.63) is 17.7 Å². The standard InChI is InChI=1S/C13H17N3O4/c1-15(2)12(17)6-16(3)13(18)8-4-10-11(5-9(8)14)20-7-19-10/h4-5H,6-7,14H2,1-3H3. The summed E-state index contributed by atoms with van der Waals surface area (Å²) in [6.45, 7) is 0.0983. The summed E-state index contributed by atoms with van der Waals surface area (Å²) in [4.78, 5) is 26.7. The Labute approximate surface area is 116 Å². The highest BCUT2D eigenvalue weighted by molar-refractivity contribution is 6.01. The minimum absolute atomic E-state index is 0.0142. The third-order valence-electron chi connectivity index (χ3n) is 2.99. The first-order chi connectivity index (χ1) is 9.40. The van der Waals surface area contributed by atoms with Gasteiger partial charge in [-0.25, -0.2) is 0 Å². The van der Waals surface area contributed by atoms with Crippen molar-refractivity contribution in [2.75, 3.05) is 40.2 Å². The van der Waals surface area contributed by atoms with Gasteiger partial charge in [-0.3, -0.25) is 9.59 Å². The number of rotatable bonds is 3. The van der Waals surface area contributed by atoms with Gasteiger partial charge in [0.05, 0.1) is 12.1 Å². The van der Waals surface area contributed by atoms with E-state index < -0.39 is 0 Å². The van der Waals surface area contributed by atoms with E-state index >= 15 is 0 Å². The predicted octanol–water partition coefficient (Wildman–Crippen LogP) is 0.158. The topological polar surface area (TPSA) is 85.1 Å². The Bertz CT molecular complexity index is 557. The first kappa shape index (κ1) is 14.0. The van der Waals surface area contributed by atoms with E-state index in [1.54, 1.807) is 27.2 Å². The second-order valence-corrected chi connectivity index (χ2v) is 4.74. The Morgan fingerprint density at radius 3 is 2.40 bits per heavy atom. The van der Waals surface area contributed by atoms with Crippen LogP contribution in [0.4, 0.5) is 5.69 Å². The van der Waals surface area contributed by atoms with Crippen LogP contribution in [0.2, 0.25) is 0 Å². The number of fused-ring (bicyclic) bond motifs is 1. The fourth-order valence-electron chi connectivity index (χ4n) is 1.76. The van der Waals surface area contributed by atoms with Crippen molar-refractivity contribution >= 4 is 17.5 Å². The molecule has 0 aromatic heterocycles. The largest absolute Gasteiger partial charge is 0.454 e. The Hall–Kier alpha value is -2.44. The van der Waals surface area contributed by atoms with Crippen LogP contribution in [0.15, 0.2) is 12.1 Å². The Morgan fingerprint density at radius 2 is 1.80 bits per heavy atom. The monoisotopic (exact) mass is 279 g/mol. The van der Waals surface area contributed by atoms with Crippen molar-refractivity contribution in [2.24, 2.45) is 0 Å². The molecule has 0 fully saturated rings. The summed E-state index contributed by atoms with van der Waals surface area (Å²) in [5.74, 6) is 0.497. The second kappa shape index (κ2) is 5.28. The lowest BCUT2D eigenvalue weighted by Crippen LogP contribution is -2.38. The zero-order valence-electron chi connectivity index (χ0n) is 11.7. The van der Waals surface area contributed by atoms with E-state index in [0.717, 1.165) is 0 Å². The summed E-state index contributed by atoms with van der Waals surface area (Å²) < 4.78 is 10.4. The van der Waals surface area contributed by atoms with Crippen LogP contribution in [0.1, 0.15) is 10.4 Å². The molecule has 0 saturated heterocycles. The Balaban J connectivity index is 2.19. The number of nitrogens with zero attached hydrogens (tertiary/aromatic N) is 2. The van der Waals surface area contributed by atoms with Crippen LogP contribution in [0.5, 0.6) is 11.5 Å². The van der Waals surface area contributed by atoms with Gasteiger partial charge in [0, 0.05) is 32.9 Å². The van der Waals surface area contributed by atoms with Crippen LogP contribution in [0, 0.1) is 0 Å². The van der Waals surface area contributed by atoms with Gasteiger partial charge in [-0.05, 0) is 6.07 Å². The van der Waals surface area contributed by atoms with E-state index in [-0.39, 0.29) is 25.2 Å². The molecule has 20 heavy (non-hydrogen) atoms. The second-order valence-electron chi connectivity index (χ2n) is 4.74. The third-order valence-corrected chi connectivity index (χ3v) is 2.99. The van der Waals surface area contributed by atoms with Crippen molar-refractivity contribution in [3.63, 3.8) is 0 Å². The van der Waals surface area contributed by atoms with Crippen LogP contribution in [-0.2, 0) is 4.79 Å². The highest BCUT2D eigenvalue weighted by atomic mass is 16.7. The zero-order chi connectivity index (χ0) is 14.9. The van der Waals surface area contributed by atoms with Crippen LogP contribution in [0.25, 0.3) is 0 Å². The normalized spacial score (nSPS) is 12.2. The molecule has 2 N–H and O–H groups in total. The first-order valence-electron chi connectivity index (χ1n) is 6.05. The van der Waals surface area contributed by atoms with Gasteiger partial charge in [-0.15, -0.1) is 0 Å². The van der Waals surface area contributed by atoms with Gasteiger partial charge in [-0.1, -0.05) is 0 Å². The molecule has 1 heterocycles. The van der Waals surface area contributed by atoms with Gasteiger partial charge < -0.3 is 25.0 Å². The first-order valence-corrected chi connectivity index (χ1v) is 6.05. The maximum Gasteiger partial charge on any atom is 0.256 e. The van der Waals surface area contributed by atoms with Crippen LogP contribution < -0.4 is 15.2 Å². The fourth-order valence-corrected chi connectivity index (χ4v) is 1.76. The molecule has 0 unspecified atom stereocenters. The lowest BCUT2D eigenvalue weighted by Gasteiger charge is -2.20. The Morgan fingerprint density at radius 1 is 1.20 bits per heavy atom. The molecule has 2 rings (SSSR count). The summed E-state index contributed by atoms with van der Waals surface area (Å²) >= 11 is 0. The van der Waals surface area contributed by atoms with Gasteiger partial charge in [0.25, 0.3) is 5.91 Å². The molecule has 0 atom stereocenters. The molecule has 108 valence electrons. The molecule has 1 aliphatic heterocycles.